The van der Waals surface area contributed by atoms with E-state index in [0.29, 0.717) is 24.3 Å². The number of halogens is 3. The second-order valence-corrected chi connectivity index (χ2v) is 7.96. The zero-order valence-electron chi connectivity index (χ0n) is 16.0. The highest BCUT2D eigenvalue weighted by atomic mass is 35.5. The van der Waals surface area contributed by atoms with Gasteiger partial charge in [-0.2, -0.15) is 0 Å². The number of hydrogen-bond donors (Lipinski definition) is 2. The molecule has 5 nitrogen and oxygen atoms in total. The molecule has 1 spiro atoms. The topological polar surface area (TPSA) is 53.6 Å². The van der Waals surface area contributed by atoms with Gasteiger partial charge in [-0.1, -0.05) is 12.1 Å². The molecule has 8 heteroatoms. The van der Waals surface area contributed by atoms with Crippen molar-refractivity contribution in [3.8, 4) is 5.75 Å². The molecule has 28 heavy (non-hydrogen) atoms. The molecule has 3 fully saturated rings. The van der Waals surface area contributed by atoms with Gasteiger partial charge in [-0.25, -0.2) is 4.39 Å². The number of benzene rings is 1. The second kappa shape index (κ2) is 10.1. The van der Waals surface area contributed by atoms with Gasteiger partial charge in [-0.3, -0.25) is 4.79 Å². The third kappa shape index (κ3) is 5.09. The summed E-state index contributed by atoms with van der Waals surface area (Å²) in [5, 5.41) is 6.88. The minimum atomic E-state index is -0.326. The average Bonchev–Trinajstić information content (AvgIpc) is 3.07. The molecule has 3 heterocycles. The van der Waals surface area contributed by atoms with Gasteiger partial charge in [0.15, 0.2) is 11.6 Å². The van der Waals surface area contributed by atoms with Crippen molar-refractivity contribution >= 4 is 30.7 Å². The molecule has 0 saturated carbocycles. The molecule has 3 saturated heterocycles. The van der Waals surface area contributed by atoms with E-state index in [4.69, 9.17) is 4.74 Å². The van der Waals surface area contributed by atoms with E-state index in [0.717, 1.165) is 51.7 Å². The molecule has 3 aliphatic rings. The molecule has 2 N–H and O–H groups in total. The van der Waals surface area contributed by atoms with E-state index in [9.17, 15) is 9.18 Å². The van der Waals surface area contributed by atoms with Crippen LogP contribution in [-0.4, -0.2) is 55.7 Å². The van der Waals surface area contributed by atoms with Crippen molar-refractivity contribution < 1.29 is 13.9 Å². The fourth-order valence-electron chi connectivity index (χ4n) is 4.56. The Labute approximate surface area is 178 Å². The Morgan fingerprint density at radius 3 is 2.50 bits per heavy atom. The van der Waals surface area contributed by atoms with E-state index in [2.05, 4.69) is 10.6 Å². The number of nitrogens with zero attached hydrogens (tertiary/aromatic N) is 1. The van der Waals surface area contributed by atoms with Gasteiger partial charge in [-0.05, 0) is 49.9 Å². The summed E-state index contributed by atoms with van der Waals surface area (Å²) in [5.74, 6) is 0.209. The minimum Gasteiger partial charge on any atom is -0.487 e. The summed E-state index contributed by atoms with van der Waals surface area (Å²) >= 11 is 0. The maximum atomic E-state index is 13.7. The SMILES string of the molecule is Cl.Cl.O=C(C1CC2(CCNCC2)CN1)N1CCC(Oc2ccccc2F)CC1. The molecule has 1 amide bonds. The lowest BCUT2D eigenvalue weighted by atomic mass is 9.77. The van der Waals surface area contributed by atoms with Gasteiger partial charge in [0.2, 0.25) is 5.91 Å². The first-order valence-corrected chi connectivity index (χ1v) is 9.79. The van der Waals surface area contributed by atoms with Gasteiger partial charge in [0, 0.05) is 32.5 Å². The Balaban J connectivity index is 0.00000140. The summed E-state index contributed by atoms with van der Waals surface area (Å²) in [6, 6.07) is 6.47. The third-order valence-electron chi connectivity index (χ3n) is 6.21. The zero-order valence-corrected chi connectivity index (χ0v) is 17.6. The summed E-state index contributed by atoms with van der Waals surface area (Å²) < 4.78 is 19.5. The summed E-state index contributed by atoms with van der Waals surface area (Å²) in [5.41, 5.74) is 0.303. The van der Waals surface area contributed by atoms with Crippen LogP contribution in [0.3, 0.4) is 0 Å². The summed E-state index contributed by atoms with van der Waals surface area (Å²) in [4.78, 5) is 14.8. The van der Waals surface area contributed by atoms with Crippen molar-refractivity contribution in [3.05, 3.63) is 30.1 Å². The highest BCUT2D eigenvalue weighted by molar-refractivity contribution is 5.85. The van der Waals surface area contributed by atoms with Crippen molar-refractivity contribution in [1.29, 1.82) is 0 Å². The summed E-state index contributed by atoms with van der Waals surface area (Å²) in [6.45, 7) is 4.44. The first-order valence-electron chi connectivity index (χ1n) is 9.79. The molecule has 0 aromatic heterocycles. The third-order valence-corrected chi connectivity index (χ3v) is 6.21. The Hall–Kier alpha value is -1.08. The number of amides is 1. The summed E-state index contributed by atoms with van der Waals surface area (Å²) in [7, 11) is 0. The number of ether oxygens (including phenoxy) is 1. The Kier molecular flexibility index (Phi) is 8.37. The van der Waals surface area contributed by atoms with Crippen LogP contribution >= 0.6 is 24.8 Å². The predicted octanol–water partition coefficient (Wildman–Crippen LogP) is 2.77. The van der Waals surface area contributed by atoms with Gasteiger partial charge in [0.25, 0.3) is 0 Å². The maximum Gasteiger partial charge on any atom is 0.239 e. The number of para-hydroxylation sites is 1. The van der Waals surface area contributed by atoms with E-state index in [-0.39, 0.29) is 48.7 Å². The molecule has 158 valence electrons. The molecule has 3 aliphatic heterocycles. The molecule has 1 atom stereocenters. The van der Waals surface area contributed by atoms with Crippen molar-refractivity contribution in [2.24, 2.45) is 5.41 Å². The lowest BCUT2D eigenvalue weighted by Crippen LogP contribution is -2.48. The Morgan fingerprint density at radius 1 is 1.14 bits per heavy atom. The van der Waals surface area contributed by atoms with Crippen LogP contribution in [0.1, 0.15) is 32.1 Å². The number of hydrogen-bond acceptors (Lipinski definition) is 4. The molecule has 4 rings (SSSR count). The number of carbonyl (C=O) groups excluding carboxylic acids is 1. The largest absolute Gasteiger partial charge is 0.487 e. The molecule has 1 unspecified atom stereocenters. The van der Waals surface area contributed by atoms with E-state index in [1.54, 1.807) is 18.2 Å². The summed E-state index contributed by atoms with van der Waals surface area (Å²) in [6.07, 6.45) is 4.75. The van der Waals surface area contributed by atoms with Crippen LogP contribution in [0.2, 0.25) is 0 Å². The molecular weight excluding hydrogens is 404 g/mol. The Morgan fingerprint density at radius 2 is 1.82 bits per heavy atom. The second-order valence-electron chi connectivity index (χ2n) is 7.96. The van der Waals surface area contributed by atoms with Crippen LogP contribution < -0.4 is 15.4 Å². The van der Waals surface area contributed by atoms with Crippen LogP contribution in [-0.2, 0) is 4.79 Å². The van der Waals surface area contributed by atoms with Crippen LogP contribution in [0.15, 0.2) is 24.3 Å². The van der Waals surface area contributed by atoms with Crippen LogP contribution in [0.25, 0.3) is 0 Å². The van der Waals surface area contributed by atoms with E-state index < -0.39 is 0 Å². The average molecular weight is 434 g/mol. The molecular formula is C20H30Cl2FN3O2. The van der Waals surface area contributed by atoms with Crippen molar-refractivity contribution in [2.75, 3.05) is 32.7 Å². The van der Waals surface area contributed by atoms with Gasteiger partial charge < -0.3 is 20.3 Å². The van der Waals surface area contributed by atoms with E-state index in [1.807, 2.05) is 4.90 Å². The number of piperidine rings is 2. The van der Waals surface area contributed by atoms with Gasteiger partial charge in [0.05, 0.1) is 6.04 Å². The first kappa shape index (κ1) is 23.2. The number of rotatable bonds is 3. The van der Waals surface area contributed by atoms with Crippen LogP contribution in [0.5, 0.6) is 5.75 Å². The number of likely N-dealkylation sites (tertiary alicyclic amines) is 1. The fourth-order valence-corrected chi connectivity index (χ4v) is 4.56. The quantitative estimate of drug-likeness (QED) is 0.769. The fraction of sp³-hybridized carbons (Fsp3) is 0.650. The highest BCUT2D eigenvalue weighted by Gasteiger charge is 2.43. The number of nitrogens with one attached hydrogen (secondary N) is 2. The van der Waals surface area contributed by atoms with Crippen molar-refractivity contribution in [2.45, 2.75) is 44.2 Å². The molecule has 1 aromatic rings. The molecule has 1 aromatic carbocycles. The smallest absolute Gasteiger partial charge is 0.239 e. The monoisotopic (exact) mass is 433 g/mol. The molecule has 0 radical (unpaired) electrons. The standard InChI is InChI=1S/C20H28FN3O2.2ClH/c21-16-3-1-2-4-18(16)26-15-5-11-24(12-6-15)19(25)17-13-20(14-23-17)7-9-22-10-8-20;;/h1-4,15,17,22-23H,5-14H2;2*1H. The molecule has 0 aliphatic carbocycles. The van der Waals surface area contributed by atoms with E-state index in [1.165, 1.54) is 6.07 Å². The maximum absolute atomic E-state index is 13.7. The minimum absolute atomic E-state index is 0. The van der Waals surface area contributed by atoms with Gasteiger partial charge >= 0.3 is 0 Å². The van der Waals surface area contributed by atoms with Crippen LogP contribution in [0, 0.1) is 11.2 Å². The lowest BCUT2D eigenvalue weighted by Gasteiger charge is -2.35. The van der Waals surface area contributed by atoms with Crippen molar-refractivity contribution in [3.63, 3.8) is 0 Å². The van der Waals surface area contributed by atoms with Crippen LogP contribution in [0.4, 0.5) is 4.39 Å². The molecule has 0 bridgehead atoms. The normalized spacial score (nSPS) is 24.3. The van der Waals surface area contributed by atoms with Gasteiger partial charge in [-0.15, -0.1) is 24.8 Å². The zero-order chi connectivity index (χ0) is 18.0. The predicted molar refractivity (Wildman–Crippen MR) is 112 cm³/mol. The highest BCUT2D eigenvalue weighted by Crippen LogP contribution is 2.38. The number of carbonyl (C=O) groups is 1. The lowest BCUT2D eigenvalue weighted by molar-refractivity contribution is -0.135. The Bertz CT molecular complexity index is 650. The van der Waals surface area contributed by atoms with E-state index >= 15 is 0 Å². The van der Waals surface area contributed by atoms with Gasteiger partial charge in [0.1, 0.15) is 6.10 Å². The van der Waals surface area contributed by atoms with Crippen molar-refractivity contribution in [1.82, 2.24) is 15.5 Å². The first-order chi connectivity index (χ1) is 12.7.